The topological polar surface area (TPSA) is 104 Å². The number of nitrogens with one attached hydrogen (secondary N) is 1. The Morgan fingerprint density at radius 1 is 1.10 bits per heavy atom. The number of hydrogen-bond acceptors (Lipinski definition) is 4. The SMILES string of the molecule is O=C(O)CNC(=O)CN1C(=O)c2cc(F)c(F)cc2C1=O. The van der Waals surface area contributed by atoms with Crippen LogP contribution in [0.1, 0.15) is 20.7 Å². The number of carbonyl (C=O) groups is 4. The molecule has 21 heavy (non-hydrogen) atoms. The van der Waals surface area contributed by atoms with E-state index < -0.39 is 48.4 Å². The van der Waals surface area contributed by atoms with E-state index in [9.17, 15) is 28.0 Å². The molecule has 0 aromatic heterocycles. The molecule has 0 atom stereocenters. The van der Waals surface area contributed by atoms with Crippen molar-refractivity contribution in [2.24, 2.45) is 0 Å². The van der Waals surface area contributed by atoms with E-state index in [1.165, 1.54) is 0 Å². The Labute approximate surface area is 116 Å². The molecule has 0 spiro atoms. The Kier molecular flexibility index (Phi) is 3.66. The van der Waals surface area contributed by atoms with Crippen molar-refractivity contribution in [1.82, 2.24) is 10.2 Å². The van der Waals surface area contributed by atoms with Crippen LogP contribution in [0.4, 0.5) is 8.78 Å². The van der Waals surface area contributed by atoms with Crippen molar-refractivity contribution in [2.75, 3.05) is 13.1 Å². The number of carboxylic acids is 1. The molecule has 1 aromatic carbocycles. The smallest absolute Gasteiger partial charge is 0.322 e. The van der Waals surface area contributed by atoms with Gasteiger partial charge in [-0.05, 0) is 12.1 Å². The third-order valence-electron chi connectivity index (χ3n) is 2.75. The Hall–Kier alpha value is -2.84. The lowest BCUT2D eigenvalue weighted by atomic mass is 10.1. The van der Waals surface area contributed by atoms with Crippen LogP contribution in [0.2, 0.25) is 0 Å². The largest absolute Gasteiger partial charge is 0.480 e. The minimum Gasteiger partial charge on any atom is -0.480 e. The van der Waals surface area contributed by atoms with Gasteiger partial charge in [0, 0.05) is 0 Å². The second-order valence-corrected chi connectivity index (χ2v) is 4.18. The Bertz CT molecular complexity index is 633. The number of halogens is 2. The lowest BCUT2D eigenvalue weighted by molar-refractivity contribution is -0.137. The van der Waals surface area contributed by atoms with Gasteiger partial charge in [-0.15, -0.1) is 0 Å². The van der Waals surface area contributed by atoms with Gasteiger partial charge in [-0.25, -0.2) is 8.78 Å². The van der Waals surface area contributed by atoms with E-state index in [2.05, 4.69) is 0 Å². The zero-order chi connectivity index (χ0) is 15.7. The van der Waals surface area contributed by atoms with Crippen molar-refractivity contribution in [3.8, 4) is 0 Å². The van der Waals surface area contributed by atoms with Gasteiger partial charge in [-0.3, -0.25) is 24.1 Å². The van der Waals surface area contributed by atoms with E-state index >= 15 is 0 Å². The lowest BCUT2D eigenvalue weighted by Gasteiger charge is -2.12. The average Bonchev–Trinajstić information content (AvgIpc) is 2.63. The summed E-state index contributed by atoms with van der Waals surface area (Å²) in [5.41, 5.74) is -0.685. The summed E-state index contributed by atoms with van der Waals surface area (Å²) in [6, 6.07) is 1.17. The van der Waals surface area contributed by atoms with Crippen molar-refractivity contribution < 1.29 is 33.1 Å². The number of amides is 3. The third kappa shape index (κ3) is 2.71. The first-order chi connectivity index (χ1) is 9.81. The first-order valence-corrected chi connectivity index (χ1v) is 5.65. The summed E-state index contributed by atoms with van der Waals surface area (Å²) < 4.78 is 26.1. The number of aliphatic carboxylic acids is 1. The number of fused-ring (bicyclic) bond motifs is 1. The van der Waals surface area contributed by atoms with E-state index in [-0.39, 0.29) is 11.1 Å². The van der Waals surface area contributed by atoms with Gasteiger partial charge in [0.25, 0.3) is 11.8 Å². The van der Waals surface area contributed by atoms with Crippen molar-refractivity contribution >= 4 is 23.7 Å². The monoisotopic (exact) mass is 298 g/mol. The maximum atomic E-state index is 13.1. The molecule has 1 heterocycles. The van der Waals surface area contributed by atoms with Gasteiger partial charge in [0.15, 0.2) is 11.6 Å². The van der Waals surface area contributed by atoms with Gasteiger partial charge in [-0.1, -0.05) is 0 Å². The molecule has 1 aliphatic rings. The van der Waals surface area contributed by atoms with Gasteiger partial charge < -0.3 is 10.4 Å². The summed E-state index contributed by atoms with van der Waals surface area (Å²) in [7, 11) is 0. The summed E-state index contributed by atoms with van der Waals surface area (Å²) in [5, 5.41) is 10.4. The molecular formula is C12H8F2N2O5. The van der Waals surface area contributed by atoms with Crippen LogP contribution in [0, 0.1) is 11.6 Å². The molecule has 1 aliphatic heterocycles. The summed E-state index contributed by atoms with van der Waals surface area (Å²) in [6.07, 6.45) is 0. The fourth-order valence-corrected chi connectivity index (χ4v) is 1.80. The second-order valence-electron chi connectivity index (χ2n) is 4.18. The molecule has 3 amide bonds. The standard InChI is InChI=1S/C12H8F2N2O5/c13-7-1-5-6(2-8(7)14)12(21)16(11(5)20)4-9(17)15-3-10(18)19/h1-2H,3-4H2,(H,15,17)(H,18,19). The Balaban J connectivity index is 2.18. The van der Waals surface area contributed by atoms with Crippen molar-refractivity contribution in [3.05, 3.63) is 34.9 Å². The molecule has 1 aromatic rings. The molecule has 0 fully saturated rings. The quantitative estimate of drug-likeness (QED) is 0.747. The predicted octanol–water partition coefficient (Wildman–Crippen LogP) is -0.238. The van der Waals surface area contributed by atoms with Crippen LogP contribution >= 0.6 is 0 Å². The van der Waals surface area contributed by atoms with Crippen LogP contribution in [0.25, 0.3) is 0 Å². The molecule has 110 valence electrons. The molecule has 0 radical (unpaired) electrons. The van der Waals surface area contributed by atoms with Gasteiger partial charge in [-0.2, -0.15) is 0 Å². The molecule has 2 N–H and O–H groups in total. The highest BCUT2D eigenvalue weighted by Gasteiger charge is 2.37. The number of hydrogen-bond donors (Lipinski definition) is 2. The predicted molar refractivity (Wildman–Crippen MR) is 62.4 cm³/mol. The van der Waals surface area contributed by atoms with Crippen molar-refractivity contribution in [3.63, 3.8) is 0 Å². The first kappa shape index (κ1) is 14.6. The number of rotatable bonds is 4. The van der Waals surface area contributed by atoms with Crippen LogP contribution in [0.15, 0.2) is 12.1 Å². The van der Waals surface area contributed by atoms with E-state index in [0.29, 0.717) is 17.0 Å². The van der Waals surface area contributed by atoms with Gasteiger partial charge in [0.2, 0.25) is 5.91 Å². The number of imide groups is 1. The Morgan fingerprint density at radius 2 is 1.57 bits per heavy atom. The lowest BCUT2D eigenvalue weighted by Crippen LogP contribution is -2.41. The number of benzene rings is 1. The van der Waals surface area contributed by atoms with Gasteiger partial charge in [0.05, 0.1) is 11.1 Å². The Morgan fingerprint density at radius 3 is 2.00 bits per heavy atom. The molecule has 7 nitrogen and oxygen atoms in total. The van der Waals surface area contributed by atoms with Gasteiger partial charge >= 0.3 is 5.97 Å². The van der Waals surface area contributed by atoms with E-state index in [0.717, 1.165) is 0 Å². The number of carbonyl (C=O) groups excluding carboxylic acids is 3. The first-order valence-electron chi connectivity index (χ1n) is 5.65. The summed E-state index contributed by atoms with van der Waals surface area (Å²) in [6.45, 7) is -1.41. The maximum absolute atomic E-state index is 13.1. The minimum absolute atomic E-state index is 0.343. The zero-order valence-corrected chi connectivity index (χ0v) is 10.4. The molecule has 0 unspecified atom stereocenters. The highest BCUT2D eigenvalue weighted by atomic mass is 19.2. The van der Waals surface area contributed by atoms with Crippen molar-refractivity contribution in [2.45, 2.75) is 0 Å². The second kappa shape index (κ2) is 5.27. The van der Waals surface area contributed by atoms with Crippen LogP contribution in [-0.4, -0.2) is 46.8 Å². The molecule has 0 aliphatic carbocycles. The molecule has 0 bridgehead atoms. The van der Waals surface area contributed by atoms with E-state index in [1.54, 1.807) is 0 Å². The van der Waals surface area contributed by atoms with Crippen LogP contribution in [0.3, 0.4) is 0 Å². The van der Waals surface area contributed by atoms with Crippen LogP contribution in [-0.2, 0) is 9.59 Å². The molecule has 0 saturated heterocycles. The third-order valence-corrected chi connectivity index (χ3v) is 2.75. The summed E-state index contributed by atoms with van der Waals surface area (Å²) in [4.78, 5) is 45.9. The molecule has 0 saturated carbocycles. The summed E-state index contributed by atoms with van der Waals surface area (Å²) in [5.74, 6) is -6.64. The fraction of sp³-hybridized carbons (Fsp3) is 0.167. The summed E-state index contributed by atoms with van der Waals surface area (Å²) >= 11 is 0. The molecule has 2 rings (SSSR count). The van der Waals surface area contributed by atoms with E-state index in [1.807, 2.05) is 5.32 Å². The molecule has 9 heteroatoms. The number of nitrogens with zero attached hydrogens (tertiary/aromatic N) is 1. The zero-order valence-electron chi connectivity index (χ0n) is 10.4. The maximum Gasteiger partial charge on any atom is 0.322 e. The van der Waals surface area contributed by atoms with Crippen LogP contribution in [0.5, 0.6) is 0 Å². The van der Waals surface area contributed by atoms with Crippen LogP contribution < -0.4 is 5.32 Å². The highest BCUT2D eigenvalue weighted by molar-refractivity contribution is 6.22. The molecular weight excluding hydrogens is 290 g/mol. The normalized spacial score (nSPS) is 13.3. The highest BCUT2D eigenvalue weighted by Crippen LogP contribution is 2.25. The number of carboxylic acid groups (broad SMARTS) is 1. The fourth-order valence-electron chi connectivity index (χ4n) is 1.80. The van der Waals surface area contributed by atoms with Gasteiger partial charge in [0.1, 0.15) is 13.1 Å². The van der Waals surface area contributed by atoms with E-state index in [4.69, 9.17) is 5.11 Å². The van der Waals surface area contributed by atoms with Crippen molar-refractivity contribution in [1.29, 1.82) is 0 Å². The minimum atomic E-state index is -1.30. The average molecular weight is 298 g/mol.